The van der Waals surface area contributed by atoms with Crippen molar-refractivity contribution in [1.29, 1.82) is 0 Å². The van der Waals surface area contributed by atoms with Gasteiger partial charge in [-0.15, -0.1) is 0 Å². The van der Waals surface area contributed by atoms with Gasteiger partial charge in [-0.3, -0.25) is 0 Å². The van der Waals surface area contributed by atoms with E-state index in [4.69, 9.17) is 0 Å². The standard InChI is InChI=1S/C18H22N2/c1-19-13-11-18(15-7-3-2-4-8-15)20-14-12-16-9-5-6-10-17(16)20/h2-10,18-19H,11-14H2,1H3. The number of fused-ring (bicyclic) bond motifs is 1. The Morgan fingerprint density at radius 1 is 1.05 bits per heavy atom. The van der Waals surface area contributed by atoms with Crippen molar-refractivity contribution in [1.82, 2.24) is 5.32 Å². The third kappa shape index (κ3) is 2.56. The number of rotatable bonds is 5. The molecule has 2 nitrogen and oxygen atoms in total. The number of para-hydroxylation sites is 1. The largest absolute Gasteiger partial charge is 0.364 e. The normalized spacial score (nSPS) is 15.2. The first-order chi connectivity index (χ1) is 9.90. The molecule has 0 saturated carbocycles. The van der Waals surface area contributed by atoms with Crippen molar-refractivity contribution in [2.45, 2.75) is 18.9 Å². The molecule has 0 fully saturated rings. The van der Waals surface area contributed by atoms with Gasteiger partial charge in [-0.1, -0.05) is 48.5 Å². The minimum atomic E-state index is 0.465. The molecule has 1 aliphatic heterocycles. The van der Waals surface area contributed by atoms with Crippen molar-refractivity contribution in [3.63, 3.8) is 0 Å². The highest BCUT2D eigenvalue weighted by atomic mass is 15.2. The first-order valence-electron chi connectivity index (χ1n) is 7.44. The van der Waals surface area contributed by atoms with Crippen molar-refractivity contribution in [3.05, 3.63) is 65.7 Å². The van der Waals surface area contributed by atoms with Gasteiger partial charge in [-0.25, -0.2) is 0 Å². The lowest BCUT2D eigenvalue weighted by atomic mass is 10.0. The van der Waals surface area contributed by atoms with Crippen LogP contribution in [0.3, 0.4) is 0 Å². The predicted octanol–water partition coefficient (Wildman–Crippen LogP) is 3.40. The summed E-state index contributed by atoms with van der Waals surface area (Å²) < 4.78 is 0. The molecule has 1 N–H and O–H groups in total. The summed E-state index contributed by atoms with van der Waals surface area (Å²) in [5.74, 6) is 0. The molecule has 2 aromatic rings. The molecule has 2 heteroatoms. The quantitative estimate of drug-likeness (QED) is 0.892. The van der Waals surface area contributed by atoms with E-state index in [-0.39, 0.29) is 0 Å². The van der Waals surface area contributed by atoms with Crippen LogP contribution in [0.4, 0.5) is 5.69 Å². The molecular formula is C18H22N2. The molecule has 0 spiro atoms. The highest BCUT2D eigenvalue weighted by Gasteiger charge is 2.26. The Hall–Kier alpha value is -1.80. The minimum Gasteiger partial charge on any atom is -0.364 e. The average Bonchev–Trinajstić information content (AvgIpc) is 2.93. The smallest absolute Gasteiger partial charge is 0.0554 e. The lowest BCUT2D eigenvalue weighted by Crippen LogP contribution is -2.29. The maximum atomic E-state index is 3.29. The van der Waals surface area contributed by atoms with Crippen LogP contribution in [0.15, 0.2) is 54.6 Å². The van der Waals surface area contributed by atoms with Crippen LogP contribution in [0.5, 0.6) is 0 Å². The zero-order chi connectivity index (χ0) is 13.8. The molecule has 0 radical (unpaired) electrons. The van der Waals surface area contributed by atoms with Gasteiger partial charge in [-0.05, 0) is 43.6 Å². The number of benzene rings is 2. The van der Waals surface area contributed by atoms with Gasteiger partial charge < -0.3 is 10.2 Å². The summed E-state index contributed by atoms with van der Waals surface area (Å²) in [7, 11) is 2.03. The van der Waals surface area contributed by atoms with E-state index in [9.17, 15) is 0 Å². The maximum absolute atomic E-state index is 3.29. The fourth-order valence-corrected chi connectivity index (χ4v) is 3.15. The van der Waals surface area contributed by atoms with E-state index < -0.39 is 0 Å². The molecule has 0 saturated heterocycles. The first kappa shape index (κ1) is 13.2. The molecule has 104 valence electrons. The second-order valence-electron chi connectivity index (χ2n) is 5.39. The third-order valence-corrected chi connectivity index (χ3v) is 4.15. The Morgan fingerprint density at radius 3 is 2.60 bits per heavy atom. The number of nitrogens with zero attached hydrogens (tertiary/aromatic N) is 1. The number of hydrogen-bond acceptors (Lipinski definition) is 2. The molecule has 2 aromatic carbocycles. The summed E-state index contributed by atoms with van der Waals surface area (Å²) >= 11 is 0. The monoisotopic (exact) mass is 266 g/mol. The molecule has 3 rings (SSSR count). The van der Waals surface area contributed by atoms with Crippen LogP contribution in [-0.2, 0) is 6.42 Å². The topological polar surface area (TPSA) is 15.3 Å². The van der Waals surface area contributed by atoms with Gasteiger partial charge in [0.1, 0.15) is 0 Å². The van der Waals surface area contributed by atoms with Gasteiger partial charge in [0.2, 0.25) is 0 Å². The maximum Gasteiger partial charge on any atom is 0.0554 e. The van der Waals surface area contributed by atoms with E-state index >= 15 is 0 Å². The van der Waals surface area contributed by atoms with Gasteiger partial charge in [0.15, 0.2) is 0 Å². The average molecular weight is 266 g/mol. The lowest BCUT2D eigenvalue weighted by Gasteiger charge is -2.31. The molecule has 0 amide bonds. The number of nitrogens with one attached hydrogen (secondary N) is 1. The van der Waals surface area contributed by atoms with Gasteiger partial charge in [-0.2, -0.15) is 0 Å². The van der Waals surface area contributed by atoms with Gasteiger partial charge in [0.05, 0.1) is 6.04 Å². The summed E-state index contributed by atoms with van der Waals surface area (Å²) in [5, 5.41) is 3.29. The van der Waals surface area contributed by atoms with Gasteiger partial charge in [0.25, 0.3) is 0 Å². The summed E-state index contributed by atoms with van der Waals surface area (Å²) in [5.41, 5.74) is 4.31. The molecule has 20 heavy (non-hydrogen) atoms. The highest BCUT2D eigenvalue weighted by molar-refractivity contribution is 5.59. The fourth-order valence-electron chi connectivity index (χ4n) is 3.15. The van der Waals surface area contributed by atoms with E-state index in [0.717, 1.165) is 19.5 Å². The third-order valence-electron chi connectivity index (χ3n) is 4.15. The van der Waals surface area contributed by atoms with Crippen molar-refractivity contribution in [2.24, 2.45) is 0 Å². The van der Waals surface area contributed by atoms with Crippen LogP contribution in [0.2, 0.25) is 0 Å². The second-order valence-corrected chi connectivity index (χ2v) is 5.39. The molecule has 1 aliphatic rings. The van der Waals surface area contributed by atoms with E-state index in [1.807, 2.05) is 7.05 Å². The minimum absolute atomic E-state index is 0.465. The van der Waals surface area contributed by atoms with Crippen LogP contribution in [0, 0.1) is 0 Å². The molecule has 0 aliphatic carbocycles. The van der Waals surface area contributed by atoms with Crippen LogP contribution in [0.25, 0.3) is 0 Å². The molecule has 1 unspecified atom stereocenters. The lowest BCUT2D eigenvalue weighted by molar-refractivity contribution is 0.569. The van der Waals surface area contributed by atoms with Gasteiger partial charge in [0, 0.05) is 12.2 Å². The highest BCUT2D eigenvalue weighted by Crippen LogP contribution is 2.36. The molecule has 0 aromatic heterocycles. The molecule has 1 heterocycles. The summed E-state index contributed by atoms with van der Waals surface area (Å²) in [6.07, 6.45) is 2.30. The second kappa shape index (κ2) is 6.10. The fraction of sp³-hybridized carbons (Fsp3) is 0.333. The van der Waals surface area contributed by atoms with Gasteiger partial charge >= 0.3 is 0 Å². The van der Waals surface area contributed by atoms with Crippen LogP contribution in [0.1, 0.15) is 23.6 Å². The van der Waals surface area contributed by atoms with Crippen molar-refractivity contribution in [2.75, 3.05) is 25.0 Å². The number of hydrogen-bond donors (Lipinski definition) is 1. The van der Waals surface area contributed by atoms with E-state index in [2.05, 4.69) is 64.8 Å². The van der Waals surface area contributed by atoms with E-state index in [1.165, 1.54) is 23.2 Å². The first-order valence-corrected chi connectivity index (χ1v) is 7.44. The molecule has 1 atom stereocenters. The summed E-state index contributed by atoms with van der Waals surface area (Å²) in [6, 6.07) is 20.2. The van der Waals surface area contributed by atoms with Crippen LogP contribution < -0.4 is 10.2 Å². The summed E-state index contributed by atoms with van der Waals surface area (Å²) in [4.78, 5) is 2.57. The Morgan fingerprint density at radius 2 is 1.80 bits per heavy atom. The molecule has 0 bridgehead atoms. The SMILES string of the molecule is CNCCC(c1ccccc1)N1CCc2ccccc21. The predicted molar refractivity (Wildman–Crippen MR) is 85.2 cm³/mol. The molecular weight excluding hydrogens is 244 g/mol. The van der Waals surface area contributed by atoms with Crippen molar-refractivity contribution in [3.8, 4) is 0 Å². The number of anilines is 1. The summed E-state index contributed by atoms with van der Waals surface area (Å²) in [6.45, 7) is 2.17. The van der Waals surface area contributed by atoms with Crippen LogP contribution in [-0.4, -0.2) is 20.1 Å². The Bertz CT molecular complexity index is 550. The van der Waals surface area contributed by atoms with E-state index in [1.54, 1.807) is 0 Å². The zero-order valence-corrected chi connectivity index (χ0v) is 12.0. The van der Waals surface area contributed by atoms with E-state index in [0.29, 0.717) is 6.04 Å². The Kier molecular flexibility index (Phi) is 4.03. The Labute approximate surface area is 121 Å². The van der Waals surface area contributed by atoms with Crippen molar-refractivity contribution >= 4 is 5.69 Å². The zero-order valence-electron chi connectivity index (χ0n) is 12.0. The van der Waals surface area contributed by atoms with Crippen molar-refractivity contribution < 1.29 is 0 Å². The van der Waals surface area contributed by atoms with Crippen LogP contribution >= 0.6 is 0 Å². The Balaban J connectivity index is 1.91.